The molecule has 0 spiro atoms. The summed E-state index contributed by atoms with van der Waals surface area (Å²) in [5, 5.41) is 8.84. The number of hydrogen-bond acceptors (Lipinski definition) is 9. The molecule has 0 aliphatic carbocycles. The molecule has 0 saturated heterocycles. The second kappa shape index (κ2) is 27.7. The summed E-state index contributed by atoms with van der Waals surface area (Å²) in [6.07, 6.45) is 17.3. The summed E-state index contributed by atoms with van der Waals surface area (Å²) in [7, 11) is 2.87. The zero-order valence-electron chi connectivity index (χ0n) is 31.0. The molecule has 0 fully saturated rings. The van der Waals surface area contributed by atoms with E-state index in [1.54, 1.807) is 23.9 Å². The van der Waals surface area contributed by atoms with Gasteiger partial charge in [0.2, 0.25) is 0 Å². The molecule has 0 unspecified atom stereocenters. The van der Waals surface area contributed by atoms with E-state index in [9.17, 15) is 19.2 Å². The number of methoxy groups -OCH3 is 2. The number of aromatic carboxylic acids is 1. The molecule has 0 radical (unpaired) electrons. The lowest BCUT2D eigenvalue weighted by Gasteiger charge is -2.19. The van der Waals surface area contributed by atoms with Gasteiger partial charge in [0.15, 0.2) is 0 Å². The van der Waals surface area contributed by atoms with Crippen molar-refractivity contribution in [3.05, 3.63) is 59.7 Å². The number of carboxylic acids is 1. The number of carbonyl (C=O) groups is 4. The number of esters is 3. The van der Waals surface area contributed by atoms with Gasteiger partial charge in [0, 0.05) is 22.6 Å². The highest BCUT2D eigenvalue weighted by molar-refractivity contribution is 7.99. The van der Waals surface area contributed by atoms with E-state index in [4.69, 9.17) is 9.84 Å². The van der Waals surface area contributed by atoms with Gasteiger partial charge in [-0.3, -0.25) is 9.59 Å². The second-order valence-corrected chi connectivity index (χ2v) is 15.5. The van der Waals surface area contributed by atoms with Crippen molar-refractivity contribution in [3.63, 3.8) is 0 Å². The van der Waals surface area contributed by atoms with E-state index in [1.165, 1.54) is 83.3 Å². The van der Waals surface area contributed by atoms with Gasteiger partial charge in [-0.1, -0.05) is 64.2 Å². The van der Waals surface area contributed by atoms with Gasteiger partial charge in [0.1, 0.15) is 5.60 Å². The van der Waals surface area contributed by atoms with E-state index in [-0.39, 0.29) is 17.9 Å². The number of unbranched alkanes of at least 4 members (excludes halogenated alkanes) is 12. The first-order chi connectivity index (χ1) is 23.9. The molecular formula is C40H60O8S2. The van der Waals surface area contributed by atoms with Crippen molar-refractivity contribution in [2.45, 2.75) is 139 Å². The molecule has 10 heteroatoms. The van der Waals surface area contributed by atoms with Crippen LogP contribution in [-0.2, 0) is 23.8 Å². The van der Waals surface area contributed by atoms with Crippen molar-refractivity contribution in [2.75, 3.05) is 25.7 Å². The SMILES string of the molecule is COC(=O)CCCCCCCCCSc1ccc(C(=O)O)cc1.COC(=O)CCCCCCCCCSc1ccc(C(=O)OC(C)(C)C)cc1. The highest BCUT2D eigenvalue weighted by atomic mass is 32.2. The molecule has 0 saturated carbocycles. The second-order valence-electron chi connectivity index (χ2n) is 13.2. The summed E-state index contributed by atoms with van der Waals surface area (Å²) < 4.78 is 14.6. The normalized spacial score (nSPS) is 10.9. The molecule has 0 aromatic heterocycles. The van der Waals surface area contributed by atoms with E-state index >= 15 is 0 Å². The third kappa shape index (κ3) is 24.2. The molecule has 280 valence electrons. The standard InChI is InChI=1S/C22H34O4S.C18H26O4S/c1-22(2,3)26-21(24)18-13-15-19(16-14-18)27-17-11-9-7-5-6-8-10-12-20(23)25-4;1-22-17(19)9-7-5-3-2-4-6-8-14-23-16-12-10-15(11-13-16)18(20)21/h13-16H,5-12,17H2,1-4H3;10-13H,2-9,14H2,1H3,(H,20,21). The lowest BCUT2D eigenvalue weighted by molar-refractivity contribution is -0.141. The van der Waals surface area contributed by atoms with Crippen molar-refractivity contribution in [1.82, 2.24) is 0 Å². The van der Waals surface area contributed by atoms with Gasteiger partial charge in [-0.15, -0.1) is 23.5 Å². The van der Waals surface area contributed by atoms with Crippen LogP contribution >= 0.6 is 23.5 Å². The van der Waals surface area contributed by atoms with Crippen LogP contribution in [0.15, 0.2) is 58.3 Å². The number of ether oxygens (including phenoxy) is 3. The van der Waals surface area contributed by atoms with Crippen molar-refractivity contribution in [1.29, 1.82) is 0 Å². The first kappa shape index (κ1) is 45.0. The fraction of sp³-hybridized carbons (Fsp3) is 0.600. The van der Waals surface area contributed by atoms with Crippen LogP contribution in [0.4, 0.5) is 0 Å². The van der Waals surface area contributed by atoms with Crippen LogP contribution in [0.2, 0.25) is 0 Å². The Morgan fingerprint density at radius 1 is 0.540 bits per heavy atom. The first-order valence-electron chi connectivity index (χ1n) is 18.0. The van der Waals surface area contributed by atoms with E-state index in [0.29, 0.717) is 24.0 Å². The average Bonchev–Trinajstić information content (AvgIpc) is 3.09. The molecule has 1 N–H and O–H groups in total. The smallest absolute Gasteiger partial charge is 0.338 e. The van der Waals surface area contributed by atoms with Gasteiger partial charge in [-0.2, -0.15) is 0 Å². The van der Waals surface area contributed by atoms with Crippen molar-refractivity contribution in [2.24, 2.45) is 0 Å². The van der Waals surface area contributed by atoms with Crippen LogP contribution in [0.25, 0.3) is 0 Å². The van der Waals surface area contributed by atoms with E-state index in [2.05, 4.69) is 9.47 Å². The predicted octanol–water partition coefficient (Wildman–Crippen LogP) is 10.8. The Morgan fingerprint density at radius 2 is 0.880 bits per heavy atom. The minimum atomic E-state index is -0.881. The molecule has 50 heavy (non-hydrogen) atoms. The van der Waals surface area contributed by atoms with Crippen LogP contribution in [0.1, 0.15) is 144 Å². The molecule has 0 aliphatic heterocycles. The Hall–Kier alpha value is -2.98. The maximum Gasteiger partial charge on any atom is 0.338 e. The molecular weight excluding hydrogens is 673 g/mol. The largest absolute Gasteiger partial charge is 0.478 e. The molecule has 0 bridgehead atoms. The van der Waals surface area contributed by atoms with E-state index in [1.807, 2.05) is 68.9 Å². The van der Waals surface area contributed by atoms with Crippen LogP contribution in [0.5, 0.6) is 0 Å². The van der Waals surface area contributed by atoms with Crippen molar-refractivity contribution >= 4 is 47.4 Å². The van der Waals surface area contributed by atoms with Gasteiger partial charge >= 0.3 is 23.9 Å². The Kier molecular flexibility index (Phi) is 25.0. The summed E-state index contributed by atoms with van der Waals surface area (Å²) in [5.74, 6) is 0.784. The third-order valence-electron chi connectivity index (χ3n) is 7.63. The lowest BCUT2D eigenvalue weighted by atomic mass is 10.1. The molecule has 0 aliphatic rings. The molecule has 8 nitrogen and oxygen atoms in total. The Bertz CT molecular complexity index is 1220. The van der Waals surface area contributed by atoms with E-state index < -0.39 is 11.6 Å². The zero-order chi connectivity index (χ0) is 37.0. The fourth-order valence-corrected chi connectivity index (χ4v) is 6.64. The average molecular weight is 733 g/mol. The summed E-state index contributed by atoms with van der Waals surface area (Å²) in [4.78, 5) is 47.0. The minimum absolute atomic E-state index is 0.105. The summed E-state index contributed by atoms with van der Waals surface area (Å²) >= 11 is 3.60. The van der Waals surface area contributed by atoms with Crippen LogP contribution in [0, 0.1) is 0 Å². The van der Waals surface area contributed by atoms with Crippen molar-refractivity contribution in [3.8, 4) is 0 Å². The number of benzene rings is 2. The quantitative estimate of drug-likeness (QED) is 0.0484. The molecule has 2 aromatic carbocycles. The maximum atomic E-state index is 12.0. The monoisotopic (exact) mass is 732 g/mol. The van der Waals surface area contributed by atoms with Crippen molar-refractivity contribution < 1.29 is 38.5 Å². The van der Waals surface area contributed by atoms with Gasteiger partial charge in [0.25, 0.3) is 0 Å². The number of thioether (sulfide) groups is 2. The predicted molar refractivity (Wildman–Crippen MR) is 204 cm³/mol. The van der Waals surface area contributed by atoms with Gasteiger partial charge in [-0.25, -0.2) is 9.59 Å². The highest BCUT2D eigenvalue weighted by Crippen LogP contribution is 2.23. The summed E-state index contributed by atoms with van der Waals surface area (Å²) in [6.45, 7) is 5.62. The maximum absolute atomic E-state index is 12.0. The number of carboxylic acid groups (broad SMARTS) is 1. The number of rotatable bonds is 24. The van der Waals surface area contributed by atoms with Crippen LogP contribution in [-0.4, -0.2) is 60.3 Å². The van der Waals surface area contributed by atoms with E-state index in [0.717, 1.165) is 42.1 Å². The highest BCUT2D eigenvalue weighted by Gasteiger charge is 2.17. The lowest BCUT2D eigenvalue weighted by Crippen LogP contribution is -2.23. The van der Waals surface area contributed by atoms with Gasteiger partial charge in [-0.05, 0) is 106 Å². The molecule has 0 atom stereocenters. The first-order valence-corrected chi connectivity index (χ1v) is 20.0. The summed E-state index contributed by atoms with van der Waals surface area (Å²) in [6, 6.07) is 14.7. The number of hydrogen-bond donors (Lipinski definition) is 1. The topological polar surface area (TPSA) is 116 Å². The summed E-state index contributed by atoms with van der Waals surface area (Å²) in [5.41, 5.74) is 0.467. The molecule has 0 amide bonds. The number of carbonyl (C=O) groups excluding carboxylic acids is 3. The Morgan fingerprint density at radius 3 is 1.22 bits per heavy atom. The van der Waals surface area contributed by atoms with Gasteiger partial charge < -0.3 is 19.3 Å². The Balaban J connectivity index is 0.000000506. The molecule has 2 rings (SSSR count). The third-order valence-corrected chi connectivity index (χ3v) is 9.83. The van der Waals surface area contributed by atoms with Crippen LogP contribution < -0.4 is 0 Å². The Labute approximate surface area is 309 Å². The van der Waals surface area contributed by atoms with Crippen LogP contribution in [0.3, 0.4) is 0 Å². The minimum Gasteiger partial charge on any atom is -0.478 e. The molecule has 0 heterocycles. The zero-order valence-corrected chi connectivity index (χ0v) is 32.6. The van der Waals surface area contributed by atoms with Gasteiger partial charge in [0.05, 0.1) is 25.3 Å². The fourth-order valence-electron chi connectivity index (χ4n) is 4.81. The molecule has 2 aromatic rings.